The third-order valence-electron chi connectivity index (χ3n) is 9.59. The fraction of sp³-hybridized carbons (Fsp3) is 0.629. The van der Waals surface area contributed by atoms with E-state index in [0.717, 1.165) is 12.0 Å². The molecule has 256 valence electrons. The largest absolute Gasteiger partial charge is 0.482 e. The van der Waals surface area contributed by atoms with Crippen molar-refractivity contribution in [1.82, 2.24) is 5.32 Å². The summed E-state index contributed by atoms with van der Waals surface area (Å²) >= 11 is 0. The van der Waals surface area contributed by atoms with Gasteiger partial charge in [-0.15, -0.1) is 0 Å². The van der Waals surface area contributed by atoms with E-state index in [1.165, 1.54) is 0 Å². The average molecular weight is 675 g/mol. The van der Waals surface area contributed by atoms with Crippen molar-refractivity contribution in [3.05, 3.63) is 53.6 Å². The van der Waals surface area contributed by atoms with Crippen LogP contribution in [0.1, 0.15) is 77.4 Å². The maximum absolute atomic E-state index is 14.2. The van der Waals surface area contributed by atoms with Crippen molar-refractivity contribution >= 4 is 29.7 Å². The van der Waals surface area contributed by atoms with E-state index in [-0.39, 0.29) is 29.6 Å². The molecule has 1 fully saturated rings. The number of carbonyl (C=O) groups is 1. The minimum atomic E-state index is -3.95. The number of anilines is 1. The van der Waals surface area contributed by atoms with Crippen molar-refractivity contribution in [3.8, 4) is 5.75 Å². The lowest BCUT2D eigenvalue weighted by Crippen LogP contribution is -2.52. The van der Waals surface area contributed by atoms with Crippen LogP contribution in [0.5, 0.6) is 5.75 Å². The maximum atomic E-state index is 14.2. The van der Waals surface area contributed by atoms with Gasteiger partial charge in [-0.25, -0.2) is 8.42 Å². The lowest BCUT2D eigenvalue weighted by molar-refractivity contribution is -0.121. The molecule has 1 unspecified atom stereocenters. The zero-order valence-corrected chi connectivity index (χ0v) is 30.7. The number of benzene rings is 2. The molecule has 0 spiro atoms. The molecule has 9 nitrogen and oxygen atoms in total. The van der Waals surface area contributed by atoms with Crippen LogP contribution in [0.2, 0.25) is 16.6 Å². The molecule has 2 heterocycles. The molecule has 0 radical (unpaired) electrons. The van der Waals surface area contributed by atoms with Gasteiger partial charge in [0.1, 0.15) is 5.75 Å². The van der Waals surface area contributed by atoms with Crippen molar-refractivity contribution in [1.29, 1.82) is 0 Å². The van der Waals surface area contributed by atoms with Crippen molar-refractivity contribution in [2.24, 2.45) is 0 Å². The number of carbonyl (C=O) groups excluding carboxylic acids is 1. The summed E-state index contributed by atoms with van der Waals surface area (Å²) in [6.07, 6.45) is 1.84. The van der Waals surface area contributed by atoms with Crippen molar-refractivity contribution in [2.75, 3.05) is 44.9 Å². The number of aryl methyl sites for hydroxylation is 1. The Balaban J connectivity index is 1.57. The van der Waals surface area contributed by atoms with Crippen LogP contribution in [0, 0.1) is 6.92 Å². The summed E-state index contributed by atoms with van der Waals surface area (Å²) in [6, 6.07) is 12.2. The molecule has 0 aromatic heterocycles. The summed E-state index contributed by atoms with van der Waals surface area (Å²) in [4.78, 5) is 14.7. The van der Waals surface area contributed by atoms with Crippen LogP contribution < -0.4 is 15.0 Å². The monoisotopic (exact) mass is 674 g/mol. The summed E-state index contributed by atoms with van der Waals surface area (Å²) in [5.41, 5.74) is 2.23. The van der Waals surface area contributed by atoms with Gasteiger partial charge in [-0.3, -0.25) is 4.79 Å². The van der Waals surface area contributed by atoms with Crippen LogP contribution >= 0.6 is 0 Å². The Bertz CT molecular complexity index is 1380. The number of sulfone groups is 1. The third kappa shape index (κ3) is 8.05. The highest BCUT2D eigenvalue weighted by molar-refractivity contribution is 7.91. The van der Waals surface area contributed by atoms with Crippen LogP contribution in [0.25, 0.3) is 0 Å². The lowest BCUT2D eigenvalue weighted by atomic mass is 10.0. The molecule has 2 aromatic carbocycles. The second-order valence-corrected chi connectivity index (χ2v) is 21.1. The third-order valence-corrected chi connectivity index (χ3v) is 17.5. The number of amides is 1. The van der Waals surface area contributed by atoms with E-state index in [1.54, 1.807) is 54.5 Å². The maximum Gasteiger partial charge on any atom is 0.265 e. The molecule has 0 bridgehead atoms. The topological polar surface area (TPSA) is 103 Å². The van der Waals surface area contributed by atoms with Gasteiger partial charge >= 0.3 is 0 Å². The zero-order valence-electron chi connectivity index (χ0n) is 28.9. The van der Waals surface area contributed by atoms with Crippen LogP contribution in [-0.2, 0) is 28.5 Å². The van der Waals surface area contributed by atoms with Gasteiger partial charge in [0.05, 0.1) is 16.7 Å². The van der Waals surface area contributed by atoms with Gasteiger partial charge in [0, 0.05) is 39.5 Å². The lowest BCUT2D eigenvalue weighted by Gasteiger charge is -2.43. The van der Waals surface area contributed by atoms with Crippen molar-refractivity contribution in [3.63, 3.8) is 0 Å². The predicted molar refractivity (Wildman–Crippen MR) is 185 cm³/mol. The van der Waals surface area contributed by atoms with Gasteiger partial charge in [0.15, 0.2) is 20.4 Å². The number of fused-ring (bicyclic) bond motifs is 1. The fourth-order valence-corrected chi connectivity index (χ4v) is 14.3. The Labute approximate surface area is 277 Å². The van der Waals surface area contributed by atoms with E-state index < -0.39 is 23.6 Å². The van der Waals surface area contributed by atoms with E-state index in [4.69, 9.17) is 18.6 Å². The molecule has 0 saturated carbocycles. The van der Waals surface area contributed by atoms with E-state index >= 15 is 0 Å². The summed E-state index contributed by atoms with van der Waals surface area (Å²) in [5, 5.41) is 3.60. The normalized spacial score (nSPS) is 19.9. The zero-order chi connectivity index (χ0) is 33.6. The summed E-state index contributed by atoms with van der Waals surface area (Å²) in [5.74, 6) is 0.363. The second-order valence-electron chi connectivity index (χ2n) is 13.7. The van der Waals surface area contributed by atoms with E-state index in [2.05, 4.69) is 46.9 Å². The molecule has 1 N–H and O–H groups in total. The Morgan fingerprint density at radius 1 is 1.00 bits per heavy atom. The molecule has 2 aromatic rings. The number of nitrogens with one attached hydrogen (secondary N) is 1. The van der Waals surface area contributed by atoms with Gasteiger partial charge in [0.25, 0.3) is 5.91 Å². The van der Waals surface area contributed by atoms with Gasteiger partial charge in [-0.2, -0.15) is 0 Å². The Hall–Kier alpha value is -2.28. The summed E-state index contributed by atoms with van der Waals surface area (Å²) in [7, 11) is -4.33. The highest BCUT2D eigenvalue weighted by Gasteiger charge is 2.45. The first-order valence-electron chi connectivity index (χ1n) is 16.7. The van der Waals surface area contributed by atoms with E-state index in [9.17, 15) is 13.2 Å². The number of hydrogen-bond acceptors (Lipinski definition) is 8. The minimum absolute atomic E-state index is 0.0609. The second kappa shape index (κ2) is 15.7. The molecule has 1 amide bonds. The number of nitrogens with zero attached hydrogens (tertiary/aromatic N) is 1. The Morgan fingerprint density at radius 3 is 2.26 bits per heavy atom. The first kappa shape index (κ1) is 36.6. The SMILES string of the molecule is COCCCN1C(=O)COc2ccc(C(O[C@@H]3CC[C@@H](CO[Si](C(C)C)(C(C)C)C(C)C)NC3)S(=O)(=O)c3ccc(C)cc3)cc21. The minimum Gasteiger partial charge on any atom is -0.482 e. The molecule has 3 atom stereocenters. The molecule has 2 aliphatic rings. The van der Waals surface area contributed by atoms with Crippen LogP contribution in [0.4, 0.5) is 5.69 Å². The molecule has 46 heavy (non-hydrogen) atoms. The van der Waals surface area contributed by atoms with E-state index in [0.29, 0.717) is 72.8 Å². The molecule has 11 heteroatoms. The van der Waals surface area contributed by atoms with E-state index in [1.807, 2.05) is 6.92 Å². The number of hydrogen-bond donors (Lipinski definition) is 1. The van der Waals surface area contributed by atoms with Crippen LogP contribution in [0.15, 0.2) is 47.4 Å². The Morgan fingerprint density at radius 2 is 1.67 bits per heavy atom. The highest BCUT2D eigenvalue weighted by Crippen LogP contribution is 2.43. The number of piperidine rings is 1. The molecule has 4 rings (SSSR count). The molecule has 2 aliphatic heterocycles. The fourth-order valence-electron chi connectivity index (χ4n) is 7.23. The first-order valence-corrected chi connectivity index (χ1v) is 20.4. The van der Waals surface area contributed by atoms with Crippen LogP contribution in [0.3, 0.4) is 0 Å². The number of methoxy groups -OCH3 is 1. The van der Waals surface area contributed by atoms with Gasteiger partial charge < -0.3 is 28.9 Å². The first-order chi connectivity index (χ1) is 21.8. The summed E-state index contributed by atoms with van der Waals surface area (Å²) < 4.78 is 52.7. The molecular formula is C35H54N2O7SSi. The Kier molecular flexibility index (Phi) is 12.5. The van der Waals surface area contributed by atoms with Gasteiger partial charge in [-0.1, -0.05) is 65.3 Å². The predicted octanol–water partition coefficient (Wildman–Crippen LogP) is 6.56. The molecular weight excluding hydrogens is 621 g/mol. The standard InChI is InChI=1S/C35H54N2O7SSi/c1-24(2)46(25(3)4,26(5)6)43-22-29-13-14-30(21-36-29)44-35(45(39,40)31-15-10-27(7)11-16-31)28-12-17-33-32(20-28)37(18-9-19-41-8)34(38)23-42-33/h10-12,15-17,20,24-26,29-30,35-36H,9,13-14,18-19,21-23H2,1-8H3/t29-,30+,35?/m0/s1. The number of rotatable bonds is 15. The average Bonchev–Trinajstić information content (AvgIpc) is 3.01. The smallest absolute Gasteiger partial charge is 0.265 e. The van der Waals surface area contributed by atoms with Gasteiger partial charge in [0.2, 0.25) is 9.84 Å². The quantitative estimate of drug-likeness (QED) is 0.168. The molecule has 0 aliphatic carbocycles. The van der Waals surface area contributed by atoms with Gasteiger partial charge in [-0.05, 0) is 72.6 Å². The summed E-state index contributed by atoms with van der Waals surface area (Å²) in [6.45, 7) is 17.7. The van der Waals surface area contributed by atoms with Crippen molar-refractivity contribution in [2.45, 2.75) is 107 Å². The molecule has 1 saturated heterocycles. The highest BCUT2D eigenvalue weighted by atomic mass is 32.2. The van der Waals surface area contributed by atoms with Crippen molar-refractivity contribution < 1.29 is 31.8 Å². The van der Waals surface area contributed by atoms with Crippen LogP contribution in [-0.4, -0.2) is 74.8 Å². The number of ether oxygens (including phenoxy) is 3.